The fraction of sp³-hybridized carbons (Fsp3) is 0.350. The zero-order chi connectivity index (χ0) is 17.9. The van der Waals surface area contributed by atoms with Crippen LogP contribution in [0, 0.1) is 5.82 Å². The first-order valence-electron chi connectivity index (χ1n) is 8.95. The minimum absolute atomic E-state index is 0.121. The third-order valence-corrected chi connectivity index (χ3v) is 5.09. The molecule has 5 nitrogen and oxygen atoms in total. The molecule has 0 spiro atoms. The van der Waals surface area contributed by atoms with Crippen LogP contribution in [0.2, 0.25) is 0 Å². The first kappa shape index (κ1) is 16.8. The molecule has 1 saturated heterocycles. The van der Waals surface area contributed by atoms with E-state index in [0.29, 0.717) is 12.5 Å². The van der Waals surface area contributed by atoms with Gasteiger partial charge in [0.1, 0.15) is 11.5 Å². The summed E-state index contributed by atoms with van der Waals surface area (Å²) < 4.78 is 15.8. The summed E-state index contributed by atoms with van der Waals surface area (Å²) in [6, 6.07) is 7.02. The predicted octanol–water partition coefficient (Wildman–Crippen LogP) is 3.40. The number of aromatic nitrogens is 4. The van der Waals surface area contributed by atoms with Crippen molar-refractivity contribution < 1.29 is 4.39 Å². The summed E-state index contributed by atoms with van der Waals surface area (Å²) in [5.41, 5.74) is 3.63. The van der Waals surface area contributed by atoms with Crippen LogP contribution in [0.15, 0.2) is 49.2 Å². The van der Waals surface area contributed by atoms with Gasteiger partial charge in [0.25, 0.3) is 0 Å². The van der Waals surface area contributed by atoms with Gasteiger partial charge in [0.15, 0.2) is 0 Å². The van der Waals surface area contributed by atoms with Crippen molar-refractivity contribution in [1.82, 2.24) is 24.4 Å². The SMILES string of the molecule is Cn1cncc1-c1cncc(C2CCN(Cc3ccccc3F)CC2)n1. The largest absolute Gasteiger partial charge is 0.332 e. The molecule has 2 aromatic heterocycles. The maximum atomic E-state index is 13.8. The predicted molar refractivity (Wildman–Crippen MR) is 97.9 cm³/mol. The van der Waals surface area contributed by atoms with E-state index in [2.05, 4.69) is 14.9 Å². The molecular weight excluding hydrogens is 329 g/mol. The van der Waals surface area contributed by atoms with Crippen LogP contribution in [0.1, 0.15) is 30.0 Å². The first-order chi connectivity index (χ1) is 12.7. The van der Waals surface area contributed by atoms with E-state index in [1.807, 2.05) is 36.1 Å². The quantitative estimate of drug-likeness (QED) is 0.723. The van der Waals surface area contributed by atoms with Crippen molar-refractivity contribution in [2.75, 3.05) is 13.1 Å². The van der Waals surface area contributed by atoms with Gasteiger partial charge in [0.2, 0.25) is 0 Å². The zero-order valence-corrected chi connectivity index (χ0v) is 14.8. The van der Waals surface area contributed by atoms with Crippen LogP contribution in [0.4, 0.5) is 4.39 Å². The van der Waals surface area contributed by atoms with Crippen LogP contribution >= 0.6 is 0 Å². The normalized spacial score (nSPS) is 16.1. The number of nitrogens with zero attached hydrogens (tertiary/aromatic N) is 5. The maximum absolute atomic E-state index is 13.8. The fourth-order valence-electron chi connectivity index (χ4n) is 3.56. The summed E-state index contributed by atoms with van der Waals surface area (Å²) >= 11 is 0. The highest BCUT2D eigenvalue weighted by Crippen LogP contribution is 2.28. The molecule has 1 aliphatic rings. The highest BCUT2D eigenvalue weighted by atomic mass is 19.1. The minimum Gasteiger partial charge on any atom is -0.332 e. The number of imidazole rings is 1. The molecule has 1 aliphatic heterocycles. The van der Waals surface area contributed by atoms with Gasteiger partial charge in [0.05, 0.1) is 30.1 Å². The second-order valence-corrected chi connectivity index (χ2v) is 6.86. The van der Waals surface area contributed by atoms with Crippen LogP contribution in [0.5, 0.6) is 0 Å². The molecule has 6 heteroatoms. The summed E-state index contributed by atoms with van der Waals surface area (Å²) in [6.45, 7) is 2.55. The Morgan fingerprint density at radius 1 is 1.08 bits per heavy atom. The summed E-state index contributed by atoms with van der Waals surface area (Å²) in [7, 11) is 1.96. The highest BCUT2D eigenvalue weighted by molar-refractivity contribution is 5.52. The molecular formula is C20H22FN5. The molecule has 3 heterocycles. The summed E-state index contributed by atoms with van der Waals surface area (Å²) in [6.07, 6.45) is 9.26. The standard InChI is InChI=1S/C20H22FN5/c1-25-14-23-12-20(25)19-11-22-10-18(24-19)15-6-8-26(9-7-15)13-16-4-2-3-5-17(16)21/h2-5,10-12,14-15H,6-9,13H2,1H3. The molecule has 0 unspecified atom stereocenters. The molecule has 1 aromatic carbocycles. The zero-order valence-electron chi connectivity index (χ0n) is 14.8. The average molecular weight is 351 g/mol. The Morgan fingerprint density at radius 3 is 2.62 bits per heavy atom. The smallest absolute Gasteiger partial charge is 0.127 e. The van der Waals surface area contributed by atoms with Gasteiger partial charge in [-0.25, -0.2) is 14.4 Å². The molecule has 0 saturated carbocycles. The molecule has 134 valence electrons. The van der Waals surface area contributed by atoms with Crippen LogP contribution in [-0.2, 0) is 13.6 Å². The molecule has 0 N–H and O–H groups in total. The Morgan fingerprint density at radius 2 is 1.88 bits per heavy atom. The highest BCUT2D eigenvalue weighted by Gasteiger charge is 2.23. The molecule has 26 heavy (non-hydrogen) atoms. The second-order valence-electron chi connectivity index (χ2n) is 6.86. The van der Waals surface area contributed by atoms with Crippen molar-refractivity contribution >= 4 is 0 Å². The Bertz CT molecular complexity index is 883. The second kappa shape index (κ2) is 7.33. The monoisotopic (exact) mass is 351 g/mol. The van der Waals surface area contributed by atoms with Gasteiger partial charge in [-0.2, -0.15) is 0 Å². The summed E-state index contributed by atoms with van der Waals surface area (Å²) in [5.74, 6) is 0.275. The van der Waals surface area contributed by atoms with Crippen molar-refractivity contribution in [3.63, 3.8) is 0 Å². The number of rotatable bonds is 4. The Labute approximate surface area is 152 Å². The van der Waals surface area contributed by atoms with Gasteiger partial charge in [-0.3, -0.25) is 9.88 Å². The molecule has 3 aromatic rings. The number of halogens is 1. The number of likely N-dealkylation sites (tertiary alicyclic amines) is 1. The first-order valence-corrected chi connectivity index (χ1v) is 8.95. The Balaban J connectivity index is 1.42. The Kier molecular flexibility index (Phi) is 4.75. The van der Waals surface area contributed by atoms with E-state index in [0.717, 1.165) is 48.6 Å². The van der Waals surface area contributed by atoms with Crippen molar-refractivity contribution in [2.45, 2.75) is 25.3 Å². The van der Waals surface area contributed by atoms with Crippen molar-refractivity contribution in [1.29, 1.82) is 0 Å². The van der Waals surface area contributed by atoms with Crippen LogP contribution in [0.25, 0.3) is 11.4 Å². The van der Waals surface area contributed by atoms with Gasteiger partial charge in [0, 0.05) is 31.3 Å². The number of aryl methyl sites for hydroxylation is 1. The lowest BCUT2D eigenvalue weighted by molar-refractivity contribution is 0.201. The van der Waals surface area contributed by atoms with Crippen LogP contribution in [-0.4, -0.2) is 37.5 Å². The lowest BCUT2D eigenvalue weighted by atomic mass is 9.93. The van der Waals surface area contributed by atoms with Crippen LogP contribution < -0.4 is 0 Å². The number of piperidine rings is 1. The number of benzene rings is 1. The van der Waals surface area contributed by atoms with E-state index < -0.39 is 0 Å². The lowest BCUT2D eigenvalue weighted by Gasteiger charge is -2.31. The van der Waals surface area contributed by atoms with E-state index in [1.165, 1.54) is 6.07 Å². The van der Waals surface area contributed by atoms with E-state index in [4.69, 9.17) is 4.98 Å². The van der Waals surface area contributed by atoms with Crippen molar-refractivity contribution in [3.05, 3.63) is 66.3 Å². The molecule has 0 radical (unpaired) electrons. The third kappa shape index (κ3) is 3.51. The number of hydrogen-bond acceptors (Lipinski definition) is 4. The summed E-state index contributed by atoms with van der Waals surface area (Å²) in [4.78, 5) is 15.7. The molecule has 4 rings (SSSR count). The molecule has 0 bridgehead atoms. The fourth-order valence-corrected chi connectivity index (χ4v) is 3.56. The van der Waals surface area contributed by atoms with E-state index in [9.17, 15) is 4.39 Å². The van der Waals surface area contributed by atoms with Crippen molar-refractivity contribution in [2.24, 2.45) is 7.05 Å². The van der Waals surface area contributed by atoms with Gasteiger partial charge in [-0.05, 0) is 32.0 Å². The average Bonchev–Trinajstić information content (AvgIpc) is 3.10. The van der Waals surface area contributed by atoms with Gasteiger partial charge in [-0.1, -0.05) is 18.2 Å². The molecule has 1 fully saturated rings. The van der Waals surface area contributed by atoms with Gasteiger partial charge in [-0.15, -0.1) is 0 Å². The summed E-state index contributed by atoms with van der Waals surface area (Å²) in [5, 5.41) is 0. The van der Waals surface area contributed by atoms with E-state index in [1.54, 1.807) is 18.6 Å². The number of hydrogen-bond donors (Lipinski definition) is 0. The maximum Gasteiger partial charge on any atom is 0.127 e. The van der Waals surface area contributed by atoms with E-state index in [-0.39, 0.29) is 5.82 Å². The minimum atomic E-state index is -0.121. The molecule has 0 aliphatic carbocycles. The van der Waals surface area contributed by atoms with Crippen LogP contribution in [0.3, 0.4) is 0 Å². The van der Waals surface area contributed by atoms with Gasteiger partial charge < -0.3 is 4.57 Å². The molecule has 0 amide bonds. The third-order valence-electron chi connectivity index (χ3n) is 5.09. The Hall–Kier alpha value is -2.60. The van der Waals surface area contributed by atoms with E-state index >= 15 is 0 Å². The topological polar surface area (TPSA) is 46.8 Å². The molecule has 0 atom stereocenters. The lowest BCUT2D eigenvalue weighted by Crippen LogP contribution is -2.33. The van der Waals surface area contributed by atoms with Gasteiger partial charge >= 0.3 is 0 Å². The van der Waals surface area contributed by atoms with Crippen molar-refractivity contribution in [3.8, 4) is 11.4 Å².